The van der Waals surface area contributed by atoms with E-state index in [-0.39, 0.29) is 6.10 Å². The van der Waals surface area contributed by atoms with Gasteiger partial charge in [0.15, 0.2) is 0 Å². The molecule has 1 heterocycles. The zero-order valence-corrected chi connectivity index (χ0v) is 11.7. The lowest BCUT2D eigenvalue weighted by Gasteiger charge is -2.30. The van der Waals surface area contributed by atoms with Crippen molar-refractivity contribution in [2.45, 2.75) is 13.0 Å². The van der Waals surface area contributed by atoms with Crippen molar-refractivity contribution in [1.82, 2.24) is 0 Å². The predicted molar refractivity (Wildman–Crippen MR) is 72.8 cm³/mol. The van der Waals surface area contributed by atoms with Gasteiger partial charge in [-0.3, -0.25) is 0 Å². The van der Waals surface area contributed by atoms with Gasteiger partial charge >= 0.3 is 0 Å². The molecule has 0 saturated heterocycles. The Morgan fingerprint density at radius 1 is 1.35 bits per heavy atom. The molecular weight excluding hydrogens is 255 g/mol. The highest BCUT2D eigenvalue weighted by molar-refractivity contribution is 7.72. The lowest BCUT2D eigenvalue weighted by molar-refractivity contribution is 0.153. The summed E-state index contributed by atoms with van der Waals surface area (Å²) in [6, 6.07) is 9.64. The first-order chi connectivity index (χ1) is 8.07. The van der Waals surface area contributed by atoms with Gasteiger partial charge in [-0.2, -0.15) is 0 Å². The van der Waals surface area contributed by atoms with E-state index in [1.165, 1.54) is 0 Å². The molecule has 0 radical (unpaired) electrons. The molecule has 1 aliphatic rings. The first-order valence-corrected chi connectivity index (χ1v) is 8.04. The molecule has 0 aromatic heterocycles. The summed E-state index contributed by atoms with van der Waals surface area (Å²) < 4.78 is 18.3. The van der Waals surface area contributed by atoms with Gasteiger partial charge in [-0.25, -0.2) is 0 Å². The number of halogens is 1. The van der Waals surface area contributed by atoms with E-state index in [4.69, 9.17) is 16.3 Å². The number of rotatable bonds is 2. The molecule has 17 heavy (non-hydrogen) atoms. The fraction of sp³-hybridized carbons (Fsp3) is 0.385. The van der Waals surface area contributed by atoms with Crippen LogP contribution in [0.1, 0.15) is 6.92 Å². The maximum atomic E-state index is 13.0. The van der Waals surface area contributed by atoms with Crippen LogP contribution in [-0.2, 0) is 9.30 Å². The van der Waals surface area contributed by atoms with Gasteiger partial charge in [-0.15, -0.1) is 0 Å². The Morgan fingerprint density at radius 2 is 2.00 bits per heavy atom. The Balaban J connectivity index is 2.40. The summed E-state index contributed by atoms with van der Waals surface area (Å²) in [5.41, 5.74) is 0.983. The van der Waals surface area contributed by atoms with E-state index in [2.05, 4.69) is 0 Å². The second-order valence-corrected chi connectivity index (χ2v) is 7.80. The van der Waals surface area contributed by atoms with Crippen molar-refractivity contribution in [3.05, 3.63) is 40.9 Å². The molecule has 2 nitrogen and oxygen atoms in total. The first kappa shape index (κ1) is 12.9. The Morgan fingerprint density at radius 3 is 2.59 bits per heavy atom. The van der Waals surface area contributed by atoms with Crippen molar-refractivity contribution in [1.29, 1.82) is 0 Å². The number of allylic oxidation sites excluding steroid dienone is 1. The normalized spacial score (nSPS) is 29.5. The zero-order chi connectivity index (χ0) is 12.5. The van der Waals surface area contributed by atoms with Crippen molar-refractivity contribution >= 4 is 24.0 Å². The van der Waals surface area contributed by atoms with Gasteiger partial charge in [0.25, 0.3) is 0 Å². The predicted octanol–water partition coefficient (Wildman–Crippen LogP) is 3.22. The summed E-state index contributed by atoms with van der Waals surface area (Å²) in [6.45, 7) is 1.93. The highest BCUT2D eigenvalue weighted by Gasteiger charge is 2.35. The highest BCUT2D eigenvalue weighted by atomic mass is 35.5. The Bertz CT molecular complexity index is 481. The number of hydrogen-bond acceptors (Lipinski definition) is 2. The van der Waals surface area contributed by atoms with Crippen LogP contribution in [0.25, 0.3) is 0 Å². The van der Waals surface area contributed by atoms with E-state index in [0.29, 0.717) is 12.3 Å². The summed E-state index contributed by atoms with van der Waals surface area (Å²) in [4.78, 5) is 0. The van der Waals surface area contributed by atoms with Crippen LogP contribution in [0, 0.1) is 0 Å². The molecule has 0 fully saturated rings. The van der Waals surface area contributed by atoms with Gasteiger partial charge in [0, 0.05) is 29.8 Å². The second-order valence-electron chi connectivity index (χ2n) is 4.42. The van der Waals surface area contributed by atoms with Crippen LogP contribution in [0.3, 0.4) is 0 Å². The van der Waals surface area contributed by atoms with Gasteiger partial charge in [0.05, 0.1) is 6.10 Å². The zero-order valence-electron chi connectivity index (χ0n) is 10.0. The monoisotopic (exact) mass is 270 g/mol. The van der Waals surface area contributed by atoms with E-state index in [1.807, 2.05) is 37.3 Å². The molecule has 1 aromatic rings. The van der Waals surface area contributed by atoms with Crippen LogP contribution >= 0.6 is 18.7 Å². The van der Waals surface area contributed by atoms with Crippen LogP contribution in [0.2, 0.25) is 0 Å². The van der Waals surface area contributed by atoms with Crippen molar-refractivity contribution < 1.29 is 9.30 Å². The van der Waals surface area contributed by atoms with Crippen molar-refractivity contribution in [2.75, 3.05) is 19.4 Å². The highest BCUT2D eigenvalue weighted by Crippen LogP contribution is 2.51. The first-order valence-electron chi connectivity index (χ1n) is 5.58. The minimum Gasteiger partial charge on any atom is -0.375 e. The van der Waals surface area contributed by atoms with Gasteiger partial charge < -0.3 is 9.30 Å². The molecule has 0 amide bonds. The van der Waals surface area contributed by atoms with E-state index in [1.54, 1.807) is 7.11 Å². The molecule has 92 valence electrons. The largest absolute Gasteiger partial charge is 0.375 e. The molecule has 0 unspecified atom stereocenters. The Kier molecular flexibility index (Phi) is 3.77. The average molecular weight is 271 g/mol. The molecule has 1 aliphatic heterocycles. The van der Waals surface area contributed by atoms with Crippen molar-refractivity contribution in [3.8, 4) is 0 Å². The quantitative estimate of drug-likeness (QED) is 0.772. The third kappa shape index (κ3) is 2.49. The van der Waals surface area contributed by atoms with Crippen LogP contribution in [0.5, 0.6) is 0 Å². The number of ether oxygens (including phenoxy) is 1. The molecule has 1 aromatic carbocycles. The SMILES string of the molecule is CO[C@H]1C[P@](=O)(c2ccccc2)CC(C)=C1Cl. The summed E-state index contributed by atoms with van der Waals surface area (Å²) in [7, 11) is -0.787. The summed E-state index contributed by atoms with van der Waals surface area (Å²) >= 11 is 6.18. The lowest BCUT2D eigenvalue weighted by Crippen LogP contribution is -2.27. The second kappa shape index (κ2) is 4.97. The fourth-order valence-corrected chi connectivity index (χ4v) is 5.70. The van der Waals surface area contributed by atoms with Crippen molar-refractivity contribution in [2.24, 2.45) is 0 Å². The van der Waals surface area contributed by atoms with E-state index >= 15 is 0 Å². The van der Waals surface area contributed by atoms with Crippen LogP contribution < -0.4 is 5.30 Å². The van der Waals surface area contributed by atoms with E-state index in [9.17, 15) is 4.57 Å². The molecule has 2 rings (SSSR count). The topological polar surface area (TPSA) is 26.3 Å². The summed E-state index contributed by atoms with van der Waals surface area (Å²) in [5.74, 6) is 0. The summed E-state index contributed by atoms with van der Waals surface area (Å²) in [5, 5.41) is 1.64. The van der Waals surface area contributed by atoms with E-state index < -0.39 is 7.14 Å². The molecule has 0 bridgehead atoms. The number of methoxy groups -OCH3 is 1. The van der Waals surface area contributed by atoms with Crippen molar-refractivity contribution in [3.63, 3.8) is 0 Å². The van der Waals surface area contributed by atoms with Gasteiger partial charge in [0.2, 0.25) is 0 Å². The lowest BCUT2D eigenvalue weighted by atomic mass is 10.2. The standard InChI is InChI=1S/C13H16ClO2P/c1-10-8-17(15,9-12(16-2)13(10)14)11-6-4-3-5-7-11/h3-7,12H,8-9H2,1-2H3/t12-,17-/m0/s1. The molecule has 2 atom stereocenters. The fourth-order valence-electron chi connectivity index (χ4n) is 2.22. The van der Waals surface area contributed by atoms with Crippen LogP contribution in [-0.4, -0.2) is 25.5 Å². The van der Waals surface area contributed by atoms with Gasteiger partial charge in [0.1, 0.15) is 7.14 Å². The maximum absolute atomic E-state index is 13.0. The van der Waals surface area contributed by atoms with Crippen LogP contribution in [0.4, 0.5) is 0 Å². The van der Waals surface area contributed by atoms with Gasteiger partial charge in [-0.1, -0.05) is 41.9 Å². The van der Waals surface area contributed by atoms with E-state index in [0.717, 1.165) is 15.9 Å². The molecule has 0 spiro atoms. The molecule has 0 saturated carbocycles. The third-order valence-corrected chi connectivity index (χ3v) is 6.87. The molecule has 4 heteroatoms. The third-order valence-electron chi connectivity index (χ3n) is 3.15. The summed E-state index contributed by atoms with van der Waals surface area (Å²) in [6.07, 6.45) is 0.843. The minimum atomic E-state index is -2.40. The number of benzene rings is 1. The minimum absolute atomic E-state index is 0.226. The maximum Gasteiger partial charge on any atom is 0.122 e. The molecular formula is C13H16ClO2P. The average Bonchev–Trinajstić information content (AvgIpc) is 2.35. The smallest absolute Gasteiger partial charge is 0.122 e. The Hall–Kier alpha value is -0.560. The molecule has 0 aliphatic carbocycles. The Labute approximate surface area is 107 Å². The molecule has 0 N–H and O–H groups in total. The van der Waals surface area contributed by atoms with Gasteiger partial charge in [-0.05, 0) is 12.5 Å². The number of hydrogen-bond donors (Lipinski definition) is 0. The van der Waals surface area contributed by atoms with Crippen LogP contribution in [0.15, 0.2) is 40.9 Å².